The molecule has 0 radical (unpaired) electrons. The fraction of sp³-hybridized carbons (Fsp3) is 1.00. The maximum Gasteiger partial charge on any atom is 0.323 e. The molecule has 0 aliphatic carbocycles. The molecule has 1 saturated heterocycles. The molecule has 5 heteroatoms. The van der Waals surface area contributed by atoms with Crippen LogP contribution < -0.4 is 0 Å². The van der Waals surface area contributed by atoms with Gasteiger partial charge in [0.25, 0.3) is 0 Å². The monoisotopic (exact) mass is 276 g/mol. The Bertz CT molecular complexity index is 178. The summed E-state index contributed by atoms with van der Waals surface area (Å²) >= 11 is 0. The van der Waals surface area contributed by atoms with Crippen molar-refractivity contribution in [3.63, 3.8) is 0 Å². The first kappa shape index (κ1) is 16.1. The van der Waals surface area contributed by atoms with Gasteiger partial charge in [0, 0.05) is 25.9 Å². The molecule has 1 aliphatic heterocycles. The van der Waals surface area contributed by atoms with Gasteiger partial charge in [-0.2, -0.15) is 0 Å². The summed E-state index contributed by atoms with van der Waals surface area (Å²) in [5.74, 6) is 0. The van der Waals surface area contributed by atoms with Crippen molar-refractivity contribution in [3.8, 4) is 0 Å². The van der Waals surface area contributed by atoms with E-state index in [0.717, 1.165) is 51.9 Å². The summed E-state index contributed by atoms with van der Waals surface area (Å²) in [5, 5.41) is 0. The number of epoxide rings is 1. The van der Waals surface area contributed by atoms with Crippen molar-refractivity contribution in [1.29, 1.82) is 0 Å². The number of hydrogen-bond acceptors (Lipinski definition) is 4. The quantitative estimate of drug-likeness (QED) is 0.294. The third kappa shape index (κ3) is 9.05. The molecule has 108 valence electrons. The summed E-state index contributed by atoms with van der Waals surface area (Å²) in [7, 11) is -1.51. The van der Waals surface area contributed by atoms with Crippen LogP contribution >= 0.6 is 0 Å². The lowest BCUT2D eigenvalue weighted by Gasteiger charge is -2.16. The van der Waals surface area contributed by atoms with Crippen LogP contribution in [-0.4, -0.2) is 48.4 Å². The van der Waals surface area contributed by atoms with Crippen molar-refractivity contribution in [2.45, 2.75) is 51.7 Å². The zero-order valence-corrected chi connectivity index (χ0v) is 13.0. The minimum atomic E-state index is -1.51. The van der Waals surface area contributed by atoms with Crippen LogP contribution in [0.2, 0.25) is 6.04 Å². The van der Waals surface area contributed by atoms with E-state index >= 15 is 0 Å². The van der Waals surface area contributed by atoms with Crippen molar-refractivity contribution < 1.29 is 18.3 Å². The third-order valence-corrected chi connectivity index (χ3v) is 4.73. The smallest absolute Gasteiger partial charge is 0.323 e. The topological polar surface area (TPSA) is 40.2 Å². The summed E-state index contributed by atoms with van der Waals surface area (Å²) in [6.45, 7) is 8.37. The molecule has 0 spiro atoms. The summed E-state index contributed by atoms with van der Waals surface area (Å²) in [5.41, 5.74) is 0. The van der Waals surface area contributed by atoms with Gasteiger partial charge in [-0.15, -0.1) is 0 Å². The van der Waals surface area contributed by atoms with E-state index in [9.17, 15) is 0 Å². The highest BCUT2D eigenvalue weighted by molar-refractivity contribution is 6.44. The Morgan fingerprint density at radius 3 is 2.17 bits per heavy atom. The van der Waals surface area contributed by atoms with Crippen molar-refractivity contribution in [2.75, 3.05) is 33.0 Å². The van der Waals surface area contributed by atoms with Crippen LogP contribution in [0.1, 0.15) is 39.5 Å². The molecule has 0 amide bonds. The first-order chi connectivity index (χ1) is 8.86. The minimum absolute atomic E-state index is 0.354. The maximum atomic E-state index is 5.86. The molecular formula is C13H28O4Si. The van der Waals surface area contributed by atoms with Gasteiger partial charge >= 0.3 is 9.28 Å². The van der Waals surface area contributed by atoms with E-state index in [-0.39, 0.29) is 0 Å². The highest BCUT2D eigenvalue weighted by atomic mass is 28.3. The second-order valence-corrected chi connectivity index (χ2v) is 6.80. The highest BCUT2D eigenvalue weighted by Gasteiger charge is 2.22. The first-order valence-corrected chi connectivity index (χ1v) is 9.05. The second-order valence-electron chi connectivity index (χ2n) is 4.70. The van der Waals surface area contributed by atoms with Crippen LogP contribution in [0.25, 0.3) is 0 Å². The molecule has 1 atom stereocenters. The van der Waals surface area contributed by atoms with E-state index in [1.165, 1.54) is 12.8 Å². The zero-order valence-electron chi connectivity index (χ0n) is 11.9. The van der Waals surface area contributed by atoms with Crippen LogP contribution in [0.4, 0.5) is 0 Å². The summed E-state index contributed by atoms with van der Waals surface area (Å²) < 4.78 is 22.4. The normalized spacial score (nSPS) is 18.5. The molecule has 1 heterocycles. The molecule has 4 nitrogen and oxygen atoms in total. The van der Waals surface area contributed by atoms with E-state index in [1.807, 2.05) is 0 Å². The molecule has 0 aromatic heterocycles. The summed E-state index contributed by atoms with van der Waals surface area (Å²) in [6.07, 6.45) is 4.94. The number of ether oxygens (including phenoxy) is 2. The Morgan fingerprint density at radius 1 is 1.06 bits per heavy atom. The lowest BCUT2D eigenvalue weighted by Crippen LogP contribution is -2.26. The van der Waals surface area contributed by atoms with Crippen molar-refractivity contribution in [1.82, 2.24) is 0 Å². The zero-order chi connectivity index (χ0) is 13.1. The van der Waals surface area contributed by atoms with E-state index in [4.69, 9.17) is 18.3 Å². The fourth-order valence-electron chi connectivity index (χ4n) is 1.49. The predicted molar refractivity (Wildman–Crippen MR) is 74.2 cm³/mol. The predicted octanol–water partition coefficient (Wildman–Crippen LogP) is 2.26. The van der Waals surface area contributed by atoms with E-state index in [0.29, 0.717) is 6.10 Å². The van der Waals surface area contributed by atoms with Crippen LogP contribution in [-0.2, 0) is 18.3 Å². The lowest BCUT2D eigenvalue weighted by atomic mass is 10.4. The van der Waals surface area contributed by atoms with Gasteiger partial charge in [0.2, 0.25) is 0 Å². The average Bonchev–Trinajstić information content (AvgIpc) is 3.18. The molecule has 0 aromatic rings. The van der Waals surface area contributed by atoms with Crippen molar-refractivity contribution in [3.05, 3.63) is 0 Å². The molecule has 0 N–H and O–H groups in total. The number of unbranched alkanes of at least 4 members (excludes halogenated alkanes) is 2. The maximum absolute atomic E-state index is 5.86. The van der Waals surface area contributed by atoms with Crippen LogP contribution in [0.5, 0.6) is 0 Å². The van der Waals surface area contributed by atoms with Gasteiger partial charge in [0.15, 0.2) is 0 Å². The molecule has 1 rings (SSSR count). The largest absolute Gasteiger partial charge is 0.396 e. The Morgan fingerprint density at radius 2 is 1.67 bits per heavy atom. The van der Waals surface area contributed by atoms with Crippen LogP contribution in [0.3, 0.4) is 0 Å². The minimum Gasteiger partial charge on any atom is -0.396 e. The molecule has 1 aliphatic rings. The SMILES string of the molecule is CCCCO[SiH](CCOCC1CO1)OCCCC. The van der Waals surface area contributed by atoms with Crippen LogP contribution in [0.15, 0.2) is 0 Å². The molecule has 0 aromatic carbocycles. The Kier molecular flexibility index (Phi) is 9.79. The summed E-state index contributed by atoms with van der Waals surface area (Å²) in [6, 6.07) is 0.945. The standard InChI is InChI=1S/C13H28O4Si/c1-3-5-7-16-18(17-8-6-4-2)10-9-14-11-13-12-15-13/h13,18H,3-12H2,1-2H3. The molecular weight excluding hydrogens is 248 g/mol. The molecule has 0 saturated carbocycles. The third-order valence-electron chi connectivity index (χ3n) is 2.81. The number of rotatable bonds is 13. The second kappa shape index (κ2) is 10.9. The Hall–Kier alpha value is 0.0569. The van der Waals surface area contributed by atoms with Gasteiger partial charge in [-0.25, -0.2) is 0 Å². The van der Waals surface area contributed by atoms with Gasteiger partial charge in [0.05, 0.1) is 13.2 Å². The molecule has 18 heavy (non-hydrogen) atoms. The van der Waals surface area contributed by atoms with Gasteiger partial charge in [-0.1, -0.05) is 26.7 Å². The van der Waals surface area contributed by atoms with Gasteiger partial charge in [-0.3, -0.25) is 0 Å². The van der Waals surface area contributed by atoms with E-state index in [2.05, 4.69) is 13.8 Å². The fourth-order valence-corrected chi connectivity index (χ4v) is 3.14. The molecule has 0 bridgehead atoms. The van der Waals surface area contributed by atoms with Gasteiger partial charge < -0.3 is 18.3 Å². The lowest BCUT2D eigenvalue weighted by molar-refractivity contribution is 0.116. The molecule has 1 unspecified atom stereocenters. The summed E-state index contributed by atoms with van der Waals surface area (Å²) in [4.78, 5) is 0. The van der Waals surface area contributed by atoms with Crippen molar-refractivity contribution in [2.24, 2.45) is 0 Å². The highest BCUT2D eigenvalue weighted by Crippen LogP contribution is 2.09. The first-order valence-electron chi connectivity index (χ1n) is 7.29. The van der Waals surface area contributed by atoms with Crippen LogP contribution in [0, 0.1) is 0 Å². The Labute approximate surface area is 113 Å². The van der Waals surface area contributed by atoms with Gasteiger partial charge in [0.1, 0.15) is 6.10 Å². The van der Waals surface area contributed by atoms with E-state index in [1.54, 1.807) is 0 Å². The molecule has 1 fully saturated rings. The van der Waals surface area contributed by atoms with Crippen molar-refractivity contribution >= 4 is 9.28 Å². The average molecular weight is 276 g/mol. The van der Waals surface area contributed by atoms with Gasteiger partial charge in [-0.05, 0) is 12.8 Å². The Balaban J connectivity index is 2.02. The number of hydrogen-bond donors (Lipinski definition) is 0. The van der Waals surface area contributed by atoms with E-state index < -0.39 is 9.28 Å².